The number of esters is 1. The lowest BCUT2D eigenvalue weighted by atomic mass is 9.89. The second kappa shape index (κ2) is 6.86. The zero-order chi connectivity index (χ0) is 18.9. The Morgan fingerprint density at radius 1 is 0.920 bits per heavy atom. The Labute approximate surface area is 139 Å². The standard InChI is InChI=1S/C16H16F6O3/c17-15(18,19)14(24,16(20,21)22)11-6-8-12(9-7-11)25-13(23)10-4-2-1-3-5-10/h6-10,24H,1-5H2. The maximum absolute atomic E-state index is 12.8. The molecular formula is C16H16F6O3. The molecule has 1 aromatic rings. The fourth-order valence-electron chi connectivity index (χ4n) is 2.79. The summed E-state index contributed by atoms with van der Waals surface area (Å²) in [5.41, 5.74) is -6.39. The van der Waals surface area contributed by atoms with Crippen LogP contribution in [0.3, 0.4) is 0 Å². The summed E-state index contributed by atoms with van der Waals surface area (Å²) in [7, 11) is 0. The van der Waals surface area contributed by atoms with Crippen LogP contribution in [0, 0.1) is 5.92 Å². The first kappa shape index (κ1) is 19.6. The molecular weight excluding hydrogens is 354 g/mol. The molecule has 0 saturated heterocycles. The summed E-state index contributed by atoms with van der Waals surface area (Å²) in [5.74, 6) is -1.06. The Morgan fingerprint density at radius 3 is 1.84 bits per heavy atom. The molecule has 0 heterocycles. The predicted octanol–water partition coefficient (Wildman–Crippen LogP) is 4.48. The smallest absolute Gasteiger partial charge is 0.426 e. The third-order valence-electron chi connectivity index (χ3n) is 4.25. The third kappa shape index (κ3) is 3.91. The second-order valence-corrected chi connectivity index (χ2v) is 5.99. The Hall–Kier alpha value is -1.77. The Balaban J connectivity index is 2.19. The molecule has 1 saturated carbocycles. The maximum Gasteiger partial charge on any atom is 0.430 e. The minimum absolute atomic E-state index is 0.175. The minimum Gasteiger partial charge on any atom is -0.426 e. The molecule has 0 atom stereocenters. The third-order valence-corrected chi connectivity index (χ3v) is 4.25. The van der Waals surface area contributed by atoms with Crippen molar-refractivity contribution in [3.05, 3.63) is 29.8 Å². The van der Waals surface area contributed by atoms with Gasteiger partial charge < -0.3 is 9.84 Å². The quantitative estimate of drug-likeness (QED) is 0.485. The van der Waals surface area contributed by atoms with Gasteiger partial charge in [-0.25, -0.2) is 0 Å². The first-order valence-electron chi connectivity index (χ1n) is 7.65. The van der Waals surface area contributed by atoms with Crippen LogP contribution in [0.5, 0.6) is 5.75 Å². The topological polar surface area (TPSA) is 46.5 Å². The molecule has 140 valence electrons. The number of halogens is 6. The van der Waals surface area contributed by atoms with E-state index in [4.69, 9.17) is 4.74 Å². The van der Waals surface area contributed by atoms with Crippen LogP contribution in [0.2, 0.25) is 0 Å². The van der Waals surface area contributed by atoms with Crippen LogP contribution in [-0.4, -0.2) is 23.4 Å². The van der Waals surface area contributed by atoms with E-state index >= 15 is 0 Å². The fraction of sp³-hybridized carbons (Fsp3) is 0.562. The number of carbonyl (C=O) groups excluding carboxylic acids is 1. The molecule has 0 bridgehead atoms. The van der Waals surface area contributed by atoms with Crippen LogP contribution >= 0.6 is 0 Å². The van der Waals surface area contributed by atoms with Crippen LogP contribution in [0.1, 0.15) is 37.7 Å². The van der Waals surface area contributed by atoms with E-state index < -0.39 is 29.5 Å². The molecule has 3 nitrogen and oxygen atoms in total. The van der Waals surface area contributed by atoms with E-state index in [0.717, 1.165) is 31.4 Å². The number of ether oxygens (including phenoxy) is 1. The summed E-state index contributed by atoms with van der Waals surface area (Å²) in [6, 6.07) is 2.51. The van der Waals surface area contributed by atoms with E-state index in [0.29, 0.717) is 25.0 Å². The molecule has 9 heteroatoms. The van der Waals surface area contributed by atoms with Gasteiger partial charge in [-0.05, 0) is 25.0 Å². The lowest BCUT2D eigenvalue weighted by Crippen LogP contribution is -2.53. The van der Waals surface area contributed by atoms with E-state index in [1.807, 2.05) is 0 Å². The average Bonchev–Trinajstić information content (AvgIpc) is 2.53. The van der Waals surface area contributed by atoms with Crippen molar-refractivity contribution >= 4 is 5.97 Å². The molecule has 0 radical (unpaired) electrons. The van der Waals surface area contributed by atoms with Crippen molar-refractivity contribution in [1.29, 1.82) is 0 Å². The Morgan fingerprint density at radius 2 is 1.40 bits per heavy atom. The second-order valence-electron chi connectivity index (χ2n) is 5.99. The van der Waals surface area contributed by atoms with E-state index in [2.05, 4.69) is 0 Å². The van der Waals surface area contributed by atoms with Crippen molar-refractivity contribution in [2.45, 2.75) is 50.1 Å². The number of alkyl halides is 6. The normalized spacial score (nSPS) is 17.4. The van der Waals surface area contributed by atoms with E-state index in [9.17, 15) is 36.2 Å². The average molecular weight is 370 g/mol. The predicted molar refractivity (Wildman–Crippen MR) is 74.7 cm³/mol. The van der Waals surface area contributed by atoms with Gasteiger partial charge in [0.1, 0.15) is 5.75 Å². The first-order valence-corrected chi connectivity index (χ1v) is 7.65. The van der Waals surface area contributed by atoms with Gasteiger partial charge in [0, 0.05) is 5.56 Å². The molecule has 2 rings (SSSR count). The van der Waals surface area contributed by atoms with Crippen LogP contribution in [0.15, 0.2) is 24.3 Å². The number of aliphatic hydroxyl groups is 1. The van der Waals surface area contributed by atoms with Crippen LogP contribution in [0.25, 0.3) is 0 Å². The van der Waals surface area contributed by atoms with Gasteiger partial charge in [-0.15, -0.1) is 0 Å². The van der Waals surface area contributed by atoms with Gasteiger partial charge in [-0.1, -0.05) is 31.4 Å². The zero-order valence-electron chi connectivity index (χ0n) is 13.0. The Kier molecular flexibility index (Phi) is 5.36. The summed E-state index contributed by atoms with van der Waals surface area (Å²) in [6.45, 7) is 0. The van der Waals surface area contributed by atoms with Gasteiger partial charge in [-0.3, -0.25) is 4.79 Å². The highest BCUT2D eigenvalue weighted by Gasteiger charge is 2.71. The van der Waals surface area contributed by atoms with E-state index in [-0.39, 0.29) is 11.7 Å². The van der Waals surface area contributed by atoms with Crippen LogP contribution in [-0.2, 0) is 10.4 Å². The lowest BCUT2D eigenvalue weighted by molar-refractivity contribution is -0.376. The van der Waals surface area contributed by atoms with Crippen molar-refractivity contribution in [2.75, 3.05) is 0 Å². The fourth-order valence-corrected chi connectivity index (χ4v) is 2.79. The highest BCUT2D eigenvalue weighted by Crippen LogP contribution is 2.50. The molecule has 1 fully saturated rings. The zero-order valence-corrected chi connectivity index (χ0v) is 13.0. The van der Waals surface area contributed by atoms with E-state index in [1.165, 1.54) is 0 Å². The van der Waals surface area contributed by atoms with Crippen molar-refractivity contribution < 1.29 is 41.0 Å². The van der Waals surface area contributed by atoms with Crippen molar-refractivity contribution in [3.8, 4) is 5.75 Å². The van der Waals surface area contributed by atoms with Crippen LogP contribution in [0.4, 0.5) is 26.3 Å². The number of rotatable bonds is 3. The Bertz CT molecular complexity index is 586. The van der Waals surface area contributed by atoms with Crippen molar-refractivity contribution in [1.82, 2.24) is 0 Å². The van der Waals surface area contributed by atoms with Gasteiger partial charge in [-0.2, -0.15) is 26.3 Å². The van der Waals surface area contributed by atoms with Gasteiger partial charge >= 0.3 is 18.3 Å². The summed E-state index contributed by atoms with van der Waals surface area (Å²) in [4.78, 5) is 11.9. The molecule has 0 aliphatic heterocycles. The summed E-state index contributed by atoms with van der Waals surface area (Å²) in [5, 5.41) is 9.27. The molecule has 0 unspecified atom stereocenters. The summed E-state index contributed by atoms with van der Waals surface area (Å²) < 4.78 is 81.7. The van der Waals surface area contributed by atoms with Crippen molar-refractivity contribution in [3.63, 3.8) is 0 Å². The largest absolute Gasteiger partial charge is 0.430 e. The number of hydrogen-bond donors (Lipinski definition) is 1. The molecule has 1 N–H and O–H groups in total. The molecule has 0 amide bonds. The number of benzene rings is 1. The summed E-state index contributed by atoms with van der Waals surface area (Å²) >= 11 is 0. The lowest BCUT2D eigenvalue weighted by Gasteiger charge is -2.32. The molecule has 25 heavy (non-hydrogen) atoms. The van der Waals surface area contributed by atoms with Crippen LogP contribution < -0.4 is 4.74 Å². The maximum atomic E-state index is 12.8. The number of carbonyl (C=O) groups is 1. The molecule has 1 aliphatic carbocycles. The minimum atomic E-state index is -5.95. The van der Waals surface area contributed by atoms with Gasteiger partial charge in [0.25, 0.3) is 5.60 Å². The first-order chi connectivity index (χ1) is 11.5. The molecule has 0 aromatic heterocycles. The molecule has 0 spiro atoms. The monoisotopic (exact) mass is 370 g/mol. The van der Waals surface area contributed by atoms with Crippen molar-refractivity contribution in [2.24, 2.45) is 5.92 Å². The van der Waals surface area contributed by atoms with Gasteiger partial charge in [0.15, 0.2) is 0 Å². The van der Waals surface area contributed by atoms with E-state index in [1.54, 1.807) is 0 Å². The van der Waals surface area contributed by atoms with Gasteiger partial charge in [0.05, 0.1) is 5.92 Å². The van der Waals surface area contributed by atoms with Gasteiger partial charge in [0.2, 0.25) is 0 Å². The molecule has 1 aliphatic rings. The summed E-state index contributed by atoms with van der Waals surface area (Å²) in [6.07, 6.45) is -7.90. The SMILES string of the molecule is O=C(Oc1ccc(C(O)(C(F)(F)F)C(F)(F)F)cc1)C1CCCCC1. The number of hydrogen-bond acceptors (Lipinski definition) is 3. The molecule has 1 aromatic carbocycles. The highest BCUT2D eigenvalue weighted by atomic mass is 19.4. The highest BCUT2D eigenvalue weighted by molar-refractivity contribution is 5.75.